The molecule has 0 saturated carbocycles. The van der Waals surface area contributed by atoms with Gasteiger partial charge in [0, 0.05) is 23.7 Å². The Balaban J connectivity index is 2.14. The Labute approximate surface area is 125 Å². The molecular formula is C16H14F3NO2. The third kappa shape index (κ3) is 3.39. The van der Waals surface area contributed by atoms with Gasteiger partial charge in [0.25, 0.3) is 5.91 Å². The Morgan fingerprint density at radius 1 is 1.14 bits per heavy atom. The fourth-order valence-electron chi connectivity index (χ4n) is 2.02. The van der Waals surface area contributed by atoms with Crippen LogP contribution in [0.4, 0.5) is 13.2 Å². The SMILES string of the molecule is COc1cc(CNC(=O)c2ccc(F)cc2C)c(F)cc1F. The van der Waals surface area contributed by atoms with Gasteiger partial charge in [-0.1, -0.05) is 0 Å². The molecule has 1 amide bonds. The second kappa shape index (κ2) is 6.51. The predicted molar refractivity (Wildman–Crippen MR) is 75.2 cm³/mol. The van der Waals surface area contributed by atoms with E-state index >= 15 is 0 Å². The van der Waals surface area contributed by atoms with Gasteiger partial charge in [0.05, 0.1) is 7.11 Å². The van der Waals surface area contributed by atoms with Gasteiger partial charge in [-0.05, 0) is 36.8 Å². The molecule has 3 nitrogen and oxygen atoms in total. The zero-order valence-corrected chi connectivity index (χ0v) is 12.0. The van der Waals surface area contributed by atoms with Crippen LogP contribution in [0.5, 0.6) is 5.75 Å². The Kier molecular flexibility index (Phi) is 4.70. The summed E-state index contributed by atoms with van der Waals surface area (Å²) in [7, 11) is 1.26. The molecule has 0 spiro atoms. The van der Waals surface area contributed by atoms with Crippen molar-refractivity contribution in [3.8, 4) is 5.75 Å². The summed E-state index contributed by atoms with van der Waals surface area (Å²) in [6.45, 7) is 1.46. The molecule has 0 aliphatic rings. The van der Waals surface area contributed by atoms with Crippen LogP contribution >= 0.6 is 0 Å². The monoisotopic (exact) mass is 309 g/mol. The number of carbonyl (C=O) groups is 1. The van der Waals surface area contributed by atoms with Gasteiger partial charge in [-0.2, -0.15) is 0 Å². The van der Waals surface area contributed by atoms with E-state index in [1.807, 2.05) is 0 Å². The average Bonchev–Trinajstić information content (AvgIpc) is 2.46. The van der Waals surface area contributed by atoms with E-state index in [1.54, 1.807) is 6.92 Å². The molecule has 0 aromatic heterocycles. The topological polar surface area (TPSA) is 38.3 Å². The highest BCUT2D eigenvalue weighted by Gasteiger charge is 2.13. The Morgan fingerprint density at radius 3 is 2.50 bits per heavy atom. The zero-order chi connectivity index (χ0) is 16.3. The quantitative estimate of drug-likeness (QED) is 0.940. The largest absolute Gasteiger partial charge is 0.494 e. The molecule has 116 valence electrons. The summed E-state index contributed by atoms with van der Waals surface area (Å²) in [4.78, 5) is 12.0. The Hall–Kier alpha value is -2.50. The lowest BCUT2D eigenvalue weighted by atomic mass is 10.1. The maximum absolute atomic E-state index is 13.7. The van der Waals surface area contributed by atoms with Crippen molar-refractivity contribution in [3.63, 3.8) is 0 Å². The minimum absolute atomic E-state index is 0.0892. The van der Waals surface area contributed by atoms with Gasteiger partial charge < -0.3 is 10.1 Å². The molecule has 2 aromatic rings. The van der Waals surface area contributed by atoms with Crippen LogP contribution in [0.3, 0.4) is 0 Å². The number of hydrogen-bond acceptors (Lipinski definition) is 2. The summed E-state index contributed by atoms with van der Waals surface area (Å²) in [5, 5.41) is 2.51. The first-order chi connectivity index (χ1) is 10.4. The summed E-state index contributed by atoms with van der Waals surface area (Å²) in [5.41, 5.74) is 0.844. The maximum atomic E-state index is 13.7. The minimum Gasteiger partial charge on any atom is -0.494 e. The van der Waals surface area contributed by atoms with E-state index in [4.69, 9.17) is 4.74 Å². The number of ether oxygens (including phenoxy) is 1. The fraction of sp³-hybridized carbons (Fsp3) is 0.188. The highest BCUT2D eigenvalue weighted by Crippen LogP contribution is 2.21. The van der Waals surface area contributed by atoms with Gasteiger partial charge in [0.1, 0.15) is 11.6 Å². The second-order valence-electron chi connectivity index (χ2n) is 4.72. The molecule has 0 aliphatic carbocycles. The van der Waals surface area contributed by atoms with E-state index in [1.165, 1.54) is 31.4 Å². The van der Waals surface area contributed by atoms with Gasteiger partial charge in [0.2, 0.25) is 0 Å². The van der Waals surface area contributed by atoms with Crippen LogP contribution in [0, 0.1) is 24.4 Å². The first-order valence-electron chi connectivity index (χ1n) is 6.48. The van der Waals surface area contributed by atoms with E-state index in [9.17, 15) is 18.0 Å². The van der Waals surface area contributed by atoms with Crippen LogP contribution in [0.15, 0.2) is 30.3 Å². The van der Waals surface area contributed by atoms with E-state index in [-0.39, 0.29) is 23.4 Å². The molecule has 22 heavy (non-hydrogen) atoms. The fourth-order valence-corrected chi connectivity index (χ4v) is 2.02. The van der Waals surface area contributed by atoms with Crippen molar-refractivity contribution in [2.24, 2.45) is 0 Å². The van der Waals surface area contributed by atoms with Gasteiger partial charge in [0.15, 0.2) is 11.6 Å². The lowest BCUT2D eigenvalue weighted by molar-refractivity contribution is 0.0950. The number of nitrogens with one attached hydrogen (secondary N) is 1. The predicted octanol–water partition coefficient (Wildman–Crippen LogP) is 3.35. The normalized spacial score (nSPS) is 10.4. The Bertz CT molecular complexity index is 717. The van der Waals surface area contributed by atoms with E-state index in [2.05, 4.69) is 5.32 Å². The van der Waals surface area contributed by atoms with E-state index in [0.29, 0.717) is 11.6 Å². The van der Waals surface area contributed by atoms with Crippen molar-refractivity contribution >= 4 is 5.91 Å². The molecule has 0 unspecified atom stereocenters. The van der Waals surface area contributed by atoms with Crippen LogP contribution in [0.2, 0.25) is 0 Å². The van der Waals surface area contributed by atoms with Crippen LogP contribution in [0.25, 0.3) is 0 Å². The maximum Gasteiger partial charge on any atom is 0.251 e. The van der Waals surface area contributed by atoms with Crippen molar-refractivity contribution in [2.45, 2.75) is 13.5 Å². The highest BCUT2D eigenvalue weighted by atomic mass is 19.1. The molecule has 0 radical (unpaired) electrons. The number of methoxy groups -OCH3 is 1. The first kappa shape index (κ1) is 15.9. The molecular weight excluding hydrogens is 295 g/mol. The summed E-state index contributed by atoms with van der Waals surface area (Å²) >= 11 is 0. The number of rotatable bonds is 4. The van der Waals surface area contributed by atoms with Crippen molar-refractivity contribution in [3.05, 3.63) is 64.5 Å². The van der Waals surface area contributed by atoms with Crippen LogP contribution in [0.1, 0.15) is 21.5 Å². The molecule has 0 atom stereocenters. The number of halogens is 3. The standard InChI is InChI=1S/C16H14F3NO2/c1-9-5-11(17)3-4-12(9)16(21)20-8-10-6-15(22-2)14(19)7-13(10)18/h3-7H,8H2,1-2H3,(H,20,21). The molecule has 0 saturated heterocycles. The van der Waals surface area contributed by atoms with Gasteiger partial charge in [-0.15, -0.1) is 0 Å². The lowest BCUT2D eigenvalue weighted by Gasteiger charge is -2.10. The molecule has 1 N–H and O–H groups in total. The number of hydrogen-bond donors (Lipinski definition) is 1. The van der Waals surface area contributed by atoms with Crippen LogP contribution in [-0.4, -0.2) is 13.0 Å². The van der Waals surface area contributed by atoms with Gasteiger partial charge in [-0.25, -0.2) is 13.2 Å². The third-order valence-electron chi connectivity index (χ3n) is 3.19. The average molecular weight is 309 g/mol. The van der Waals surface area contributed by atoms with E-state index < -0.39 is 23.4 Å². The van der Waals surface area contributed by atoms with E-state index in [0.717, 1.165) is 0 Å². The number of benzene rings is 2. The molecule has 0 bridgehead atoms. The molecule has 2 aromatic carbocycles. The van der Waals surface area contributed by atoms with Crippen molar-refractivity contribution in [2.75, 3.05) is 7.11 Å². The van der Waals surface area contributed by atoms with Crippen LogP contribution < -0.4 is 10.1 Å². The first-order valence-corrected chi connectivity index (χ1v) is 6.48. The Morgan fingerprint density at radius 2 is 1.86 bits per heavy atom. The zero-order valence-electron chi connectivity index (χ0n) is 12.0. The summed E-state index contributed by atoms with van der Waals surface area (Å²) in [6.07, 6.45) is 0. The van der Waals surface area contributed by atoms with Crippen LogP contribution in [-0.2, 0) is 6.54 Å². The number of carbonyl (C=O) groups excluding carboxylic acids is 1. The molecule has 6 heteroatoms. The molecule has 0 heterocycles. The number of aryl methyl sites for hydroxylation is 1. The molecule has 2 rings (SSSR count). The summed E-state index contributed by atoms with van der Waals surface area (Å²) < 4.78 is 44.7. The molecule has 0 aliphatic heterocycles. The van der Waals surface area contributed by atoms with Gasteiger partial charge in [-0.3, -0.25) is 4.79 Å². The van der Waals surface area contributed by atoms with Crippen molar-refractivity contribution < 1.29 is 22.7 Å². The minimum atomic E-state index is -0.815. The summed E-state index contributed by atoms with van der Waals surface area (Å²) in [5.74, 6) is -2.62. The van der Waals surface area contributed by atoms with Crippen molar-refractivity contribution in [1.29, 1.82) is 0 Å². The van der Waals surface area contributed by atoms with Gasteiger partial charge >= 0.3 is 0 Å². The van der Waals surface area contributed by atoms with Crippen molar-refractivity contribution in [1.82, 2.24) is 5.32 Å². The summed E-state index contributed by atoms with van der Waals surface area (Å²) in [6, 6.07) is 5.63. The lowest BCUT2D eigenvalue weighted by Crippen LogP contribution is -2.24. The second-order valence-corrected chi connectivity index (χ2v) is 4.72. The third-order valence-corrected chi connectivity index (χ3v) is 3.19. The smallest absolute Gasteiger partial charge is 0.251 e. The number of amides is 1. The molecule has 0 fully saturated rings. The highest BCUT2D eigenvalue weighted by molar-refractivity contribution is 5.95.